The van der Waals surface area contributed by atoms with Gasteiger partial charge in [-0.2, -0.15) is 0 Å². The Morgan fingerprint density at radius 1 is 1.62 bits per heavy atom. The van der Waals surface area contributed by atoms with Crippen LogP contribution >= 0.6 is 0 Å². The van der Waals surface area contributed by atoms with E-state index in [9.17, 15) is 4.79 Å². The number of fused-ring (bicyclic) bond motifs is 1. The molecular formula is C10H15NO2. The molecule has 0 aromatic rings. The van der Waals surface area contributed by atoms with Crippen molar-refractivity contribution in [2.45, 2.75) is 32.2 Å². The zero-order valence-electron chi connectivity index (χ0n) is 7.86. The fourth-order valence-electron chi connectivity index (χ4n) is 2.61. The first-order valence-electron chi connectivity index (χ1n) is 4.86. The molecule has 2 rings (SSSR count). The third-order valence-electron chi connectivity index (χ3n) is 3.31. The zero-order valence-corrected chi connectivity index (χ0v) is 7.86. The number of hydrogen-bond acceptors (Lipinski definition) is 1. The topological polar surface area (TPSA) is 40.5 Å². The molecule has 2 aliphatic rings. The Balaban J connectivity index is 2.17. The summed E-state index contributed by atoms with van der Waals surface area (Å²) >= 11 is 0. The minimum absolute atomic E-state index is 0.266. The standard InChI is InChI=1S/C10H15NO2/c1-7-3-2-4-9-8(7)5-6-11(9)10(12)13/h3,8-9H,2,4-6H2,1H3,(H,12,13). The van der Waals surface area contributed by atoms with Crippen LogP contribution in [0.3, 0.4) is 0 Å². The van der Waals surface area contributed by atoms with Crippen LogP contribution in [0.15, 0.2) is 11.6 Å². The van der Waals surface area contributed by atoms with E-state index in [1.807, 2.05) is 0 Å². The summed E-state index contributed by atoms with van der Waals surface area (Å²) in [6.45, 7) is 2.85. The Bertz CT molecular complexity index is 260. The number of carboxylic acid groups (broad SMARTS) is 1. The predicted octanol–water partition coefficient (Wildman–Crippen LogP) is 2.10. The van der Waals surface area contributed by atoms with E-state index < -0.39 is 6.09 Å². The van der Waals surface area contributed by atoms with Crippen molar-refractivity contribution >= 4 is 6.09 Å². The minimum Gasteiger partial charge on any atom is -0.465 e. The molecule has 1 aliphatic carbocycles. The molecule has 1 fully saturated rings. The van der Waals surface area contributed by atoms with Gasteiger partial charge in [-0.25, -0.2) is 4.79 Å². The van der Waals surface area contributed by atoms with Crippen molar-refractivity contribution in [3.05, 3.63) is 11.6 Å². The number of carbonyl (C=O) groups is 1. The summed E-state index contributed by atoms with van der Waals surface area (Å²) in [5, 5.41) is 8.94. The number of nitrogens with zero attached hydrogens (tertiary/aromatic N) is 1. The monoisotopic (exact) mass is 181 g/mol. The first kappa shape index (κ1) is 8.60. The summed E-state index contributed by atoms with van der Waals surface area (Å²) in [7, 11) is 0. The quantitative estimate of drug-likeness (QED) is 0.581. The molecule has 1 heterocycles. The molecule has 0 saturated carbocycles. The first-order valence-corrected chi connectivity index (χ1v) is 4.86. The fourth-order valence-corrected chi connectivity index (χ4v) is 2.61. The van der Waals surface area contributed by atoms with Gasteiger partial charge >= 0.3 is 6.09 Å². The van der Waals surface area contributed by atoms with E-state index in [-0.39, 0.29) is 6.04 Å². The molecule has 0 aromatic heterocycles. The molecule has 1 saturated heterocycles. The summed E-state index contributed by atoms with van der Waals surface area (Å²) in [6.07, 6.45) is 4.57. The van der Waals surface area contributed by atoms with Gasteiger partial charge in [-0.15, -0.1) is 0 Å². The van der Waals surface area contributed by atoms with Crippen molar-refractivity contribution in [3.8, 4) is 0 Å². The Morgan fingerprint density at radius 3 is 3.08 bits per heavy atom. The van der Waals surface area contributed by atoms with Crippen molar-refractivity contribution in [2.24, 2.45) is 5.92 Å². The molecule has 3 nitrogen and oxygen atoms in total. The highest BCUT2D eigenvalue weighted by Gasteiger charge is 2.38. The summed E-state index contributed by atoms with van der Waals surface area (Å²) in [5.41, 5.74) is 1.39. The predicted molar refractivity (Wildman–Crippen MR) is 49.6 cm³/mol. The Morgan fingerprint density at radius 2 is 2.38 bits per heavy atom. The van der Waals surface area contributed by atoms with Gasteiger partial charge in [0, 0.05) is 18.5 Å². The third-order valence-corrected chi connectivity index (χ3v) is 3.31. The summed E-state index contributed by atoms with van der Waals surface area (Å²) in [5.74, 6) is 0.504. The van der Waals surface area contributed by atoms with Gasteiger partial charge in [0.25, 0.3) is 0 Å². The van der Waals surface area contributed by atoms with E-state index in [1.54, 1.807) is 4.90 Å². The van der Waals surface area contributed by atoms with E-state index in [0.717, 1.165) is 25.8 Å². The average molecular weight is 181 g/mol. The number of hydrogen-bond donors (Lipinski definition) is 1. The molecule has 0 aromatic carbocycles. The number of amides is 1. The lowest BCUT2D eigenvalue weighted by molar-refractivity contribution is 0.133. The summed E-state index contributed by atoms with van der Waals surface area (Å²) in [4.78, 5) is 12.5. The second kappa shape index (κ2) is 3.05. The Hall–Kier alpha value is -0.990. The molecule has 1 amide bonds. The second-order valence-electron chi connectivity index (χ2n) is 3.96. The molecule has 1 aliphatic heterocycles. The first-order chi connectivity index (χ1) is 6.20. The molecule has 1 N–H and O–H groups in total. The van der Waals surface area contributed by atoms with Gasteiger partial charge < -0.3 is 10.0 Å². The fraction of sp³-hybridized carbons (Fsp3) is 0.700. The molecule has 13 heavy (non-hydrogen) atoms. The molecule has 3 heteroatoms. The molecule has 2 unspecified atom stereocenters. The smallest absolute Gasteiger partial charge is 0.407 e. The minimum atomic E-state index is -0.748. The van der Waals surface area contributed by atoms with Crippen LogP contribution in [-0.4, -0.2) is 28.7 Å². The van der Waals surface area contributed by atoms with Crippen LogP contribution in [0.4, 0.5) is 4.79 Å². The lowest BCUT2D eigenvalue weighted by Gasteiger charge is -2.29. The highest BCUT2D eigenvalue weighted by atomic mass is 16.4. The van der Waals surface area contributed by atoms with Gasteiger partial charge in [-0.3, -0.25) is 0 Å². The molecule has 0 spiro atoms. The number of likely N-dealkylation sites (tertiary alicyclic amines) is 1. The molecular weight excluding hydrogens is 166 g/mol. The highest BCUT2D eigenvalue weighted by Crippen LogP contribution is 2.36. The summed E-state index contributed by atoms with van der Waals surface area (Å²) in [6, 6.07) is 0.266. The van der Waals surface area contributed by atoms with E-state index in [4.69, 9.17) is 5.11 Å². The van der Waals surface area contributed by atoms with Gasteiger partial charge in [-0.1, -0.05) is 11.6 Å². The Labute approximate surface area is 78.0 Å². The molecule has 0 bridgehead atoms. The van der Waals surface area contributed by atoms with Crippen molar-refractivity contribution in [1.82, 2.24) is 4.90 Å². The maximum Gasteiger partial charge on any atom is 0.407 e. The second-order valence-corrected chi connectivity index (χ2v) is 3.96. The van der Waals surface area contributed by atoms with Crippen LogP contribution in [0.5, 0.6) is 0 Å². The van der Waals surface area contributed by atoms with Crippen LogP contribution in [-0.2, 0) is 0 Å². The largest absolute Gasteiger partial charge is 0.465 e. The highest BCUT2D eigenvalue weighted by molar-refractivity contribution is 5.66. The third kappa shape index (κ3) is 1.32. The lowest BCUT2D eigenvalue weighted by atomic mass is 9.85. The number of allylic oxidation sites excluding steroid dienone is 1. The van der Waals surface area contributed by atoms with Crippen molar-refractivity contribution in [1.29, 1.82) is 0 Å². The molecule has 0 radical (unpaired) electrons. The van der Waals surface area contributed by atoms with E-state index in [1.165, 1.54) is 5.57 Å². The maximum atomic E-state index is 10.9. The van der Waals surface area contributed by atoms with Crippen LogP contribution in [0.25, 0.3) is 0 Å². The van der Waals surface area contributed by atoms with E-state index >= 15 is 0 Å². The normalized spacial score (nSPS) is 32.7. The van der Waals surface area contributed by atoms with Gasteiger partial charge in [-0.05, 0) is 26.2 Å². The van der Waals surface area contributed by atoms with Crippen LogP contribution in [0.2, 0.25) is 0 Å². The van der Waals surface area contributed by atoms with Gasteiger partial charge in [0.2, 0.25) is 0 Å². The van der Waals surface area contributed by atoms with Crippen molar-refractivity contribution < 1.29 is 9.90 Å². The molecule has 2 atom stereocenters. The zero-order chi connectivity index (χ0) is 9.42. The van der Waals surface area contributed by atoms with Crippen molar-refractivity contribution in [2.75, 3.05) is 6.54 Å². The van der Waals surface area contributed by atoms with Crippen molar-refractivity contribution in [3.63, 3.8) is 0 Å². The van der Waals surface area contributed by atoms with Gasteiger partial charge in [0.1, 0.15) is 0 Å². The van der Waals surface area contributed by atoms with Crippen LogP contribution in [0, 0.1) is 5.92 Å². The van der Waals surface area contributed by atoms with Gasteiger partial charge in [0.15, 0.2) is 0 Å². The average Bonchev–Trinajstić information content (AvgIpc) is 2.48. The van der Waals surface area contributed by atoms with E-state index in [2.05, 4.69) is 13.0 Å². The lowest BCUT2D eigenvalue weighted by Crippen LogP contribution is -2.38. The summed E-state index contributed by atoms with van der Waals surface area (Å²) < 4.78 is 0. The maximum absolute atomic E-state index is 10.9. The van der Waals surface area contributed by atoms with Gasteiger partial charge in [0.05, 0.1) is 0 Å². The Kier molecular flexibility index (Phi) is 2.02. The SMILES string of the molecule is CC1=CCCC2C1CCN2C(=O)O. The van der Waals surface area contributed by atoms with Crippen LogP contribution in [0.1, 0.15) is 26.2 Å². The number of rotatable bonds is 0. The van der Waals surface area contributed by atoms with E-state index in [0.29, 0.717) is 5.92 Å². The molecule has 72 valence electrons. The van der Waals surface area contributed by atoms with Crippen LogP contribution < -0.4 is 0 Å².